The van der Waals surface area contributed by atoms with E-state index < -0.39 is 0 Å². The number of nitrogens with one attached hydrogen (secondary N) is 1. The first-order valence-corrected chi connectivity index (χ1v) is 8.31. The second-order valence-corrected chi connectivity index (χ2v) is 6.50. The third-order valence-corrected chi connectivity index (χ3v) is 5.24. The third-order valence-electron chi connectivity index (χ3n) is 4.06. The van der Waals surface area contributed by atoms with Crippen molar-refractivity contribution in [1.82, 2.24) is 9.97 Å². The molecular weight excluding hydrogens is 268 g/mol. The molecule has 0 radical (unpaired) electrons. The van der Waals surface area contributed by atoms with E-state index in [1.54, 1.807) is 11.3 Å². The summed E-state index contributed by atoms with van der Waals surface area (Å²) in [6.07, 6.45) is 4.96. The van der Waals surface area contributed by atoms with Gasteiger partial charge in [-0.2, -0.15) is 4.98 Å². The normalized spacial score (nSPS) is 15.3. The second-order valence-electron chi connectivity index (χ2n) is 5.38. The first-order valence-electron chi connectivity index (χ1n) is 7.50. The van der Waals surface area contributed by atoms with Crippen LogP contribution in [0.1, 0.15) is 38.0 Å². The fraction of sp³-hybridized carbons (Fsp3) is 0.600. The highest BCUT2D eigenvalue weighted by molar-refractivity contribution is 7.18. The predicted octanol–water partition coefficient (Wildman–Crippen LogP) is 3.67. The molecule has 0 aliphatic heterocycles. The number of anilines is 2. The molecule has 0 atom stereocenters. The van der Waals surface area contributed by atoms with Crippen LogP contribution in [0.4, 0.5) is 11.8 Å². The Balaban J connectivity index is 2.07. The topological polar surface area (TPSA) is 41.1 Å². The summed E-state index contributed by atoms with van der Waals surface area (Å²) in [5.41, 5.74) is 0. The lowest BCUT2D eigenvalue weighted by Crippen LogP contribution is -2.37. The molecule has 0 amide bonds. The van der Waals surface area contributed by atoms with Crippen molar-refractivity contribution in [3.63, 3.8) is 0 Å². The fourth-order valence-electron chi connectivity index (χ4n) is 2.58. The molecule has 0 aromatic carbocycles. The SMILES string of the molecule is CCNc1nc(N(C)C2CCC2)c2cc(CC)sc2n1. The van der Waals surface area contributed by atoms with E-state index in [-0.39, 0.29) is 0 Å². The second kappa shape index (κ2) is 5.56. The Bertz CT molecular complexity index is 603. The number of nitrogens with zero attached hydrogens (tertiary/aromatic N) is 3. The smallest absolute Gasteiger partial charge is 0.226 e. The van der Waals surface area contributed by atoms with Gasteiger partial charge in [-0.15, -0.1) is 11.3 Å². The Kier molecular flexibility index (Phi) is 3.78. The lowest BCUT2D eigenvalue weighted by Gasteiger charge is -2.35. The molecule has 20 heavy (non-hydrogen) atoms. The average molecular weight is 290 g/mol. The standard InChI is InChI=1S/C15H22N4S/c1-4-11-9-12-13(19(3)10-7-6-8-10)17-15(16-5-2)18-14(12)20-11/h9-10H,4-8H2,1-3H3,(H,16,17,18). The summed E-state index contributed by atoms with van der Waals surface area (Å²) in [6, 6.07) is 2.91. The summed E-state index contributed by atoms with van der Waals surface area (Å²) < 4.78 is 0. The average Bonchev–Trinajstić information content (AvgIpc) is 2.79. The van der Waals surface area contributed by atoms with Gasteiger partial charge in [0.25, 0.3) is 0 Å². The van der Waals surface area contributed by atoms with Crippen molar-refractivity contribution in [2.45, 2.75) is 45.6 Å². The molecule has 0 spiro atoms. The monoisotopic (exact) mass is 290 g/mol. The van der Waals surface area contributed by atoms with Gasteiger partial charge in [0.15, 0.2) is 0 Å². The van der Waals surface area contributed by atoms with Gasteiger partial charge in [0.05, 0.1) is 5.39 Å². The molecule has 1 aliphatic carbocycles. The predicted molar refractivity (Wildman–Crippen MR) is 87.0 cm³/mol. The molecule has 1 aliphatic rings. The molecular formula is C15H22N4S. The Hall–Kier alpha value is -1.36. The molecule has 3 rings (SSSR count). The fourth-order valence-corrected chi connectivity index (χ4v) is 3.55. The van der Waals surface area contributed by atoms with Crippen molar-refractivity contribution in [1.29, 1.82) is 0 Å². The van der Waals surface area contributed by atoms with Gasteiger partial charge in [-0.25, -0.2) is 4.98 Å². The van der Waals surface area contributed by atoms with E-state index >= 15 is 0 Å². The van der Waals surface area contributed by atoms with Crippen LogP contribution < -0.4 is 10.2 Å². The quantitative estimate of drug-likeness (QED) is 0.912. The number of aromatic nitrogens is 2. The molecule has 2 aromatic heterocycles. The minimum atomic E-state index is 0.646. The van der Waals surface area contributed by atoms with Gasteiger partial charge >= 0.3 is 0 Å². The Morgan fingerprint density at radius 3 is 2.75 bits per heavy atom. The van der Waals surface area contributed by atoms with Gasteiger partial charge < -0.3 is 10.2 Å². The number of hydrogen-bond donors (Lipinski definition) is 1. The molecule has 5 heteroatoms. The van der Waals surface area contributed by atoms with Crippen LogP contribution in [-0.4, -0.2) is 29.6 Å². The van der Waals surface area contributed by atoms with E-state index in [1.807, 2.05) is 0 Å². The Morgan fingerprint density at radius 1 is 1.35 bits per heavy atom. The summed E-state index contributed by atoms with van der Waals surface area (Å²) in [5.74, 6) is 1.84. The zero-order valence-electron chi connectivity index (χ0n) is 12.4. The maximum Gasteiger partial charge on any atom is 0.226 e. The maximum atomic E-state index is 4.75. The maximum absolute atomic E-state index is 4.75. The molecule has 1 N–H and O–H groups in total. The molecule has 0 unspecified atom stereocenters. The first kappa shape index (κ1) is 13.6. The van der Waals surface area contributed by atoms with E-state index in [9.17, 15) is 0 Å². The lowest BCUT2D eigenvalue weighted by atomic mass is 9.92. The van der Waals surface area contributed by atoms with Crippen molar-refractivity contribution in [2.75, 3.05) is 23.8 Å². The first-order chi connectivity index (χ1) is 9.72. The number of thiophene rings is 1. The van der Waals surface area contributed by atoms with Crippen LogP contribution in [0.3, 0.4) is 0 Å². The van der Waals surface area contributed by atoms with Gasteiger partial charge in [0.2, 0.25) is 5.95 Å². The van der Waals surface area contributed by atoms with E-state index in [4.69, 9.17) is 4.98 Å². The van der Waals surface area contributed by atoms with Crippen LogP contribution in [0.2, 0.25) is 0 Å². The zero-order valence-corrected chi connectivity index (χ0v) is 13.3. The van der Waals surface area contributed by atoms with Gasteiger partial charge in [-0.1, -0.05) is 6.92 Å². The van der Waals surface area contributed by atoms with Crippen molar-refractivity contribution < 1.29 is 0 Å². The van der Waals surface area contributed by atoms with Gasteiger partial charge in [-0.05, 0) is 38.7 Å². The van der Waals surface area contributed by atoms with Gasteiger partial charge in [-0.3, -0.25) is 0 Å². The highest BCUT2D eigenvalue weighted by Crippen LogP contribution is 2.35. The molecule has 0 bridgehead atoms. The highest BCUT2D eigenvalue weighted by atomic mass is 32.1. The van der Waals surface area contributed by atoms with Crippen LogP contribution in [0, 0.1) is 0 Å². The zero-order chi connectivity index (χ0) is 14.1. The minimum absolute atomic E-state index is 0.646. The number of fused-ring (bicyclic) bond motifs is 1. The van der Waals surface area contributed by atoms with Crippen molar-refractivity contribution in [3.05, 3.63) is 10.9 Å². The van der Waals surface area contributed by atoms with E-state index in [2.05, 4.69) is 42.2 Å². The molecule has 1 saturated carbocycles. The summed E-state index contributed by atoms with van der Waals surface area (Å²) in [6.45, 7) is 5.12. The summed E-state index contributed by atoms with van der Waals surface area (Å²) in [7, 11) is 2.17. The summed E-state index contributed by atoms with van der Waals surface area (Å²) >= 11 is 1.79. The van der Waals surface area contributed by atoms with E-state index in [0.717, 1.165) is 29.6 Å². The Labute approximate surface area is 124 Å². The van der Waals surface area contributed by atoms with Crippen molar-refractivity contribution in [2.24, 2.45) is 0 Å². The lowest BCUT2D eigenvalue weighted by molar-refractivity contribution is 0.400. The highest BCUT2D eigenvalue weighted by Gasteiger charge is 2.25. The molecule has 4 nitrogen and oxygen atoms in total. The number of aryl methyl sites for hydroxylation is 1. The van der Waals surface area contributed by atoms with Crippen LogP contribution in [0.25, 0.3) is 10.2 Å². The molecule has 2 heterocycles. The molecule has 108 valence electrons. The van der Waals surface area contributed by atoms with Crippen LogP contribution in [0.15, 0.2) is 6.07 Å². The largest absolute Gasteiger partial charge is 0.356 e. The molecule has 0 saturated heterocycles. The number of rotatable bonds is 5. The van der Waals surface area contributed by atoms with E-state index in [1.165, 1.54) is 29.5 Å². The van der Waals surface area contributed by atoms with E-state index in [0.29, 0.717) is 6.04 Å². The molecule has 1 fully saturated rings. The van der Waals surface area contributed by atoms with Crippen LogP contribution in [0.5, 0.6) is 0 Å². The minimum Gasteiger partial charge on any atom is -0.356 e. The van der Waals surface area contributed by atoms with Crippen LogP contribution in [-0.2, 0) is 6.42 Å². The Morgan fingerprint density at radius 2 is 2.15 bits per heavy atom. The van der Waals surface area contributed by atoms with Crippen molar-refractivity contribution in [3.8, 4) is 0 Å². The van der Waals surface area contributed by atoms with Gasteiger partial charge in [0.1, 0.15) is 10.6 Å². The van der Waals surface area contributed by atoms with Crippen molar-refractivity contribution >= 4 is 33.3 Å². The third kappa shape index (κ3) is 2.35. The summed E-state index contributed by atoms with van der Waals surface area (Å²) in [4.78, 5) is 14.2. The van der Waals surface area contributed by atoms with Crippen LogP contribution >= 0.6 is 11.3 Å². The number of hydrogen-bond acceptors (Lipinski definition) is 5. The van der Waals surface area contributed by atoms with Gasteiger partial charge in [0, 0.05) is 24.5 Å². The molecule has 2 aromatic rings. The summed E-state index contributed by atoms with van der Waals surface area (Å²) in [5, 5.41) is 4.47.